The number of rotatable bonds is 10. The van der Waals surface area contributed by atoms with Crippen LogP contribution in [0, 0.1) is 5.82 Å². The number of hydrogen-bond acceptors (Lipinski definition) is 7. The highest BCUT2D eigenvalue weighted by atomic mass is 32.2. The van der Waals surface area contributed by atoms with Gasteiger partial charge in [-0.15, -0.1) is 0 Å². The zero-order valence-corrected chi connectivity index (χ0v) is 20.9. The Morgan fingerprint density at radius 3 is 2.49 bits per heavy atom. The molecule has 0 aliphatic carbocycles. The van der Waals surface area contributed by atoms with Crippen molar-refractivity contribution in [2.75, 3.05) is 31.3 Å². The summed E-state index contributed by atoms with van der Waals surface area (Å²) in [6.07, 6.45) is 2.81. The summed E-state index contributed by atoms with van der Waals surface area (Å²) in [6, 6.07) is 7.16. The predicted octanol–water partition coefficient (Wildman–Crippen LogP) is 3.67. The molecule has 0 aliphatic rings. The minimum absolute atomic E-state index is 0.0729. The van der Waals surface area contributed by atoms with Crippen molar-refractivity contribution in [3.8, 4) is 11.3 Å². The molecule has 0 spiro atoms. The summed E-state index contributed by atoms with van der Waals surface area (Å²) in [7, 11) is -0.784. The molecule has 1 amide bonds. The van der Waals surface area contributed by atoms with E-state index in [2.05, 4.69) is 10.3 Å². The lowest BCUT2D eigenvalue weighted by Crippen LogP contribution is -2.27. The van der Waals surface area contributed by atoms with Crippen LogP contribution in [0.5, 0.6) is 0 Å². The first kappa shape index (κ1) is 26.1. The Bertz CT molecular complexity index is 1340. The van der Waals surface area contributed by atoms with Crippen LogP contribution >= 0.6 is 0 Å². The molecule has 2 heterocycles. The Morgan fingerprint density at radius 2 is 1.89 bits per heavy atom. The van der Waals surface area contributed by atoms with E-state index >= 15 is 0 Å². The lowest BCUT2D eigenvalue weighted by molar-refractivity contribution is -0.143. The van der Waals surface area contributed by atoms with Gasteiger partial charge in [0, 0.05) is 26.1 Å². The van der Waals surface area contributed by atoms with Crippen molar-refractivity contribution in [2.24, 2.45) is 0 Å². The van der Waals surface area contributed by atoms with Crippen LogP contribution in [0.3, 0.4) is 0 Å². The van der Waals surface area contributed by atoms with Crippen LogP contribution in [0.4, 0.5) is 10.2 Å². The number of nitrogens with zero attached hydrogens (tertiary/aromatic N) is 2. The molecular weight excluding hydrogens is 477 g/mol. The molecule has 1 N–H and O–H groups in total. The van der Waals surface area contributed by atoms with Gasteiger partial charge in [0.1, 0.15) is 17.4 Å². The van der Waals surface area contributed by atoms with E-state index in [4.69, 9.17) is 9.15 Å². The van der Waals surface area contributed by atoms with Gasteiger partial charge in [0.15, 0.2) is 0 Å². The average molecular weight is 506 g/mol. The molecule has 3 rings (SSSR count). The fraction of sp³-hybridized carbons (Fsp3) is 0.375. The molecule has 1 aromatic carbocycles. The smallest absolute Gasteiger partial charge is 0.305 e. The Morgan fingerprint density at radius 1 is 1.20 bits per heavy atom. The fourth-order valence-electron chi connectivity index (χ4n) is 3.64. The van der Waals surface area contributed by atoms with Crippen LogP contribution in [-0.4, -0.2) is 52.2 Å². The maximum absolute atomic E-state index is 13.5. The molecule has 188 valence electrons. The van der Waals surface area contributed by atoms with Crippen LogP contribution < -0.4 is 9.62 Å². The SMILES string of the molecule is CCOC(=O)CCCCc1cc2c(C(=O)NC)c(-c3ccc(F)cc3)oc2nc1N(C)S(C)(=O)=O. The molecule has 0 unspecified atom stereocenters. The lowest BCUT2D eigenvalue weighted by atomic mass is 10.0. The van der Waals surface area contributed by atoms with Crippen molar-refractivity contribution in [3.05, 3.63) is 47.3 Å². The zero-order chi connectivity index (χ0) is 25.8. The number of aromatic nitrogens is 1. The first-order valence-electron chi connectivity index (χ1n) is 11.1. The second kappa shape index (κ2) is 10.9. The lowest BCUT2D eigenvalue weighted by Gasteiger charge is -2.19. The van der Waals surface area contributed by atoms with E-state index in [1.165, 1.54) is 38.4 Å². The molecular formula is C24H28FN3O6S. The normalized spacial score (nSPS) is 11.5. The molecule has 0 atom stereocenters. The third-order valence-electron chi connectivity index (χ3n) is 5.48. The molecule has 35 heavy (non-hydrogen) atoms. The molecule has 0 saturated carbocycles. The number of furan rings is 1. The summed E-state index contributed by atoms with van der Waals surface area (Å²) in [5.74, 6) is -0.803. The summed E-state index contributed by atoms with van der Waals surface area (Å²) in [5.41, 5.74) is 1.33. The fourth-order valence-corrected chi connectivity index (χ4v) is 4.11. The quantitative estimate of drug-likeness (QED) is 0.330. The standard InChI is InChI=1S/C24H28FN3O6S/c1-5-33-19(29)9-7-6-8-16-14-18-20(23(30)26-2)21(15-10-12-17(25)13-11-15)34-24(18)27-22(16)28(3)35(4,31)32/h10-14H,5-9H2,1-4H3,(H,26,30). The van der Waals surface area contributed by atoms with Gasteiger partial charge in [-0.05, 0) is 62.1 Å². The summed E-state index contributed by atoms with van der Waals surface area (Å²) >= 11 is 0. The van der Waals surface area contributed by atoms with Gasteiger partial charge in [-0.25, -0.2) is 12.8 Å². The molecule has 2 aromatic heterocycles. The highest BCUT2D eigenvalue weighted by Crippen LogP contribution is 2.36. The summed E-state index contributed by atoms with van der Waals surface area (Å²) < 4.78 is 49.9. The van der Waals surface area contributed by atoms with Crippen molar-refractivity contribution in [1.82, 2.24) is 10.3 Å². The highest BCUT2D eigenvalue weighted by Gasteiger charge is 2.26. The molecule has 3 aromatic rings. The number of fused-ring (bicyclic) bond motifs is 1. The number of carbonyl (C=O) groups excluding carboxylic acids is 2. The van der Waals surface area contributed by atoms with Crippen LogP contribution in [0.15, 0.2) is 34.7 Å². The number of unbranched alkanes of at least 4 members (excludes halogenated alkanes) is 1. The van der Waals surface area contributed by atoms with E-state index in [9.17, 15) is 22.4 Å². The number of halogens is 1. The van der Waals surface area contributed by atoms with Gasteiger partial charge in [0.05, 0.1) is 23.8 Å². The number of carbonyl (C=O) groups is 2. The topological polar surface area (TPSA) is 119 Å². The number of pyridine rings is 1. The Kier molecular flexibility index (Phi) is 8.11. The van der Waals surface area contributed by atoms with Crippen LogP contribution in [0.1, 0.15) is 42.1 Å². The molecule has 11 heteroatoms. The summed E-state index contributed by atoms with van der Waals surface area (Å²) in [5, 5.41) is 2.98. The van der Waals surface area contributed by atoms with E-state index in [1.54, 1.807) is 13.0 Å². The zero-order valence-electron chi connectivity index (χ0n) is 20.1. The number of ether oxygens (including phenoxy) is 1. The molecule has 0 saturated heterocycles. The Hall–Kier alpha value is -3.47. The number of nitrogens with one attached hydrogen (secondary N) is 1. The predicted molar refractivity (Wildman–Crippen MR) is 130 cm³/mol. The average Bonchev–Trinajstić information content (AvgIpc) is 3.18. The van der Waals surface area contributed by atoms with Crippen molar-refractivity contribution in [1.29, 1.82) is 0 Å². The van der Waals surface area contributed by atoms with E-state index in [0.29, 0.717) is 42.4 Å². The van der Waals surface area contributed by atoms with Crippen LogP contribution in [0.25, 0.3) is 22.4 Å². The highest BCUT2D eigenvalue weighted by molar-refractivity contribution is 7.92. The van der Waals surface area contributed by atoms with Crippen molar-refractivity contribution in [3.63, 3.8) is 0 Å². The number of aryl methyl sites for hydroxylation is 1. The van der Waals surface area contributed by atoms with Gasteiger partial charge in [-0.2, -0.15) is 4.98 Å². The van der Waals surface area contributed by atoms with Crippen LogP contribution in [0.2, 0.25) is 0 Å². The van der Waals surface area contributed by atoms with Gasteiger partial charge in [0.25, 0.3) is 5.91 Å². The number of sulfonamides is 1. The molecule has 0 fully saturated rings. The van der Waals surface area contributed by atoms with Crippen molar-refractivity contribution >= 4 is 38.8 Å². The van der Waals surface area contributed by atoms with E-state index < -0.39 is 21.7 Å². The number of hydrogen-bond donors (Lipinski definition) is 1. The van der Waals surface area contributed by atoms with E-state index in [0.717, 1.165) is 10.6 Å². The molecule has 0 bridgehead atoms. The van der Waals surface area contributed by atoms with Gasteiger partial charge in [-0.1, -0.05) is 0 Å². The Labute approximate surface area is 203 Å². The first-order chi connectivity index (χ1) is 16.6. The first-order valence-corrected chi connectivity index (χ1v) is 13.0. The number of amides is 1. The van der Waals surface area contributed by atoms with Gasteiger partial charge < -0.3 is 14.5 Å². The second-order valence-electron chi connectivity index (χ2n) is 7.96. The van der Waals surface area contributed by atoms with Crippen LogP contribution in [-0.2, 0) is 26.0 Å². The van der Waals surface area contributed by atoms with Gasteiger partial charge in [-0.3, -0.25) is 13.9 Å². The summed E-state index contributed by atoms with van der Waals surface area (Å²) in [6.45, 7) is 2.04. The van der Waals surface area contributed by atoms with E-state index in [1.807, 2.05) is 0 Å². The van der Waals surface area contributed by atoms with Gasteiger partial charge >= 0.3 is 5.97 Å². The number of anilines is 1. The third-order valence-corrected chi connectivity index (χ3v) is 6.65. The van der Waals surface area contributed by atoms with Crippen molar-refractivity contribution in [2.45, 2.75) is 32.6 Å². The summed E-state index contributed by atoms with van der Waals surface area (Å²) in [4.78, 5) is 28.9. The Balaban J connectivity index is 2.11. The second-order valence-corrected chi connectivity index (χ2v) is 9.97. The maximum Gasteiger partial charge on any atom is 0.305 e. The van der Waals surface area contributed by atoms with Crippen molar-refractivity contribution < 1.29 is 31.6 Å². The molecule has 0 aliphatic heterocycles. The molecule has 0 radical (unpaired) electrons. The van der Waals surface area contributed by atoms with E-state index in [-0.39, 0.29) is 35.2 Å². The minimum Gasteiger partial charge on any atom is -0.466 e. The minimum atomic E-state index is -3.65. The largest absolute Gasteiger partial charge is 0.466 e. The maximum atomic E-state index is 13.5. The van der Waals surface area contributed by atoms with Gasteiger partial charge in [0.2, 0.25) is 15.7 Å². The molecule has 9 nitrogen and oxygen atoms in total. The third kappa shape index (κ3) is 5.97. The number of benzene rings is 1. The number of esters is 1. The monoisotopic (exact) mass is 505 g/mol.